The smallest absolute Gasteiger partial charge is 0.417 e. The summed E-state index contributed by atoms with van der Waals surface area (Å²) in [5, 5.41) is 12.9. The van der Waals surface area contributed by atoms with E-state index < -0.39 is 6.09 Å². The van der Waals surface area contributed by atoms with Gasteiger partial charge in [-0.3, -0.25) is 0 Å². The van der Waals surface area contributed by atoms with E-state index in [2.05, 4.69) is 31.2 Å². The number of halogens is 1. The molecule has 20 heavy (non-hydrogen) atoms. The summed E-state index contributed by atoms with van der Waals surface area (Å²) in [6.07, 6.45) is 1.71. The van der Waals surface area contributed by atoms with Gasteiger partial charge in [0, 0.05) is 16.4 Å². The van der Waals surface area contributed by atoms with Crippen molar-refractivity contribution in [3.05, 3.63) is 47.3 Å². The highest BCUT2D eigenvalue weighted by atomic mass is 79.9. The molecule has 3 aromatic rings. The normalized spacial score (nSPS) is 10.7. The van der Waals surface area contributed by atoms with Gasteiger partial charge in [-0.25, -0.2) is 19.3 Å². The number of anilines is 2. The fraction of sp³-hybridized carbons (Fsp3) is 0. The molecule has 0 saturated carbocycles. The molecule has 0 aliphatic rings. The van der Waals surface area contributed by atoms with Gasteiger partial charge >= 0.3 is 6.09 Å². The van der Waals surface area contributed by atoms with E-state index in [1.807, 2.05) is 24.3 Å². The van der Waals surface area contributed by atoms with Gasteiger partial charge in [0.2, 0.25) is 0 Å². The molecule has 1 aromatic carbocycles. The van der Waals surface area contributed by atoms with Crippen molar-refractivity contribution in [1.29, 1.82) is 0 Å². The third-order valence-electron chi connectivity index (χ3n) is 2.77. The van der Waals surface area contributed by atoms with Crippen LogP contribution in [-0.2, 0) is 0 Å². The summed E-state index contributed by atoms with van der Waals surface area (Å²) in [5.74, 6) is 0.563. The van der Waals surface area contributed by atoms with Gasteiger partial charge in [-0.15, -0.1) is 0 Å². The lowest BCUT2D eigenvalue weighted by molar-refractivity contribution is 0.197. The number of carboxylic acid groups (broad SMARTS) is 1. The van der Waals surface area contributed by atoms with E-state index >= 15 is 0 Å². The number of hydrogen-bond acceptors (Lipinski definition) is 4. The van der Waals surface area contributed by atoms with Gasteiger partial charge in [0.1, 0.15) is 12.1 Å². The van der Waals surface area contributed by atoms with Crippen LogP contribution in [0.15, 0.2) is 47.3 Å². The second-order valence-electron chi connectivity index (χ2n) is 4.06. The van der Waals surface area contributed by atoms with Crippen LogP contribution in [0, 0.1) is 0 Å². The molecule has 100 valence electrons. The molecular weight excluding hydrogens is 324 g/mol. The number of nitrogens with zero attached hydrogens (tertiary/aromatic N) is 3. The summed E-state index contributed by atoms with van der Waals surface area (Å²) in [6.45, 7) is 0. The Bertz CT molecular complexity index is 800. The Kier molecular flexibility index (Phi) is 3.11. The van der Waals surface area contributed by atoms with Crippen molar-refractivity contribution >= 4 is 44.6 Å². The van der Waals surface area contributed by atoms with Crippen LogP contribution in [0.4, 0.5) is 16.3 Å². The highest BCUT2D eigenvalue weighted by Gasteiger charge is 2.12. The second-order valence-corrected chi connectivity index (χ2v) is 4.98. The molecule has 6 nitrogen and oxygen atoms in total. The summed E-state index contributed by atoms with van der Waals surface area (Å²) in [7, 11) is 0. The molecule has 3 rings (SSSR count). The van der Waals surface area contributed by atoms with E-state index in [0.29, 0.717) is 16.9 Å². The van der Waals surface area contributed by atoms with Gasteiger partial charge in [-0.05, 0) is 24.3 Å². The highest BCUT2D eigenvalue weighted by Crippen LogP contribution is 2.25. The minimum absolute atomic E-state index is 0.352. The second kappa shape index (κ2) is 4.93. The van der Waals surface area contributed by atoms with Gasteiger partial charge < -0.3 is 10.4 Å². The van der Waals surface area contributed by atoms with E-state index in [1.54, 1.807) is 6.07 Å². The Balaban J connectivity index is 2.06. The molecule has 0 unspecified atom stereocenters. The van der Waals surface area contributed by atoms with Crippen molar-refractivity contribution in [2.75, 3.05) is 5.32 Å². The van der Waals surface area contributed by atoms with E-state index in [-0.39, 0.29) is 0 Å². The van der Waals surface area contributed by atoms with Crippen LogP contribution in [0.1, 0.15) is 0 Å². The molecule has 0 aliphatic heterocycles. The Hall–Kier alpha value is -2.41. The zero-order valence-corrected chi connectivity index (χ0v) is 11.7. The molecule has 0 aliphatic carbocycles. The predicted octanol–water partition coefficient (Wildman–Crippen LogP) is 3.46. The predicted molar refractivity (Wildman–Crippen MR) is 78.4 cm³/mol. The minimum Gasteiger partial charge on any atom is -0.464 e. The number of aromatic nitrogens is 3. The summed E-state index contributed by atoms with van der Waals surface area (Å²) >= 11 is 3.39. The molecule has 0 saturated heterocycles. The zero-order valence-electron chi connectivity index (χ0n) is 10.1. The standard InChI is InChI=1S/C13H9BrN4O2/c14-8-2-1-3-9(6-8)17-11-10-4-5-18(13(19)20)12(10)16-7-15-11/h1-7H,(H,19,20)(H,15,16,17). The summed E-state index contributed by atoms with van der Waals surface area (Å²) in [6, 6.07) is 9.29. The Labute approximate surface area is 122 Å². The van der Waals surface area contributed by atoms with E-state index in [0.717, 1.165) is 14.7 Å². The zero-order chi connectivity index (χ0) is 14.1. The molecule has 0 amide bonds. The van der Waals surface area contributed by atoms with Gasteiger partial charge in [0.05, 0.1) is 5.39 Å². The van der Waals surface area contributed by atoms with Crippen LogP contribution in [0.3, 0.4) is 0 Å². The van der Waals surface area contributed by atoms with Crippen LogP contribution < -0.4 is 5.32 Å². The topological polar surface area (TPSA) is 80.0 Å². The molecule has 2 aromatic heterocycles. The van der Waals surface area contributed by atoms with Crippen LogP contribution in [0.2, 0.25) is 0 Å². The maximum atomic E-state index is 11.1. The first-order valence-corrected chi connectivity index (χ1v) is 6.52. The van der Waals surface area contributed by atoms with Gasteiger partial charge in [-0.2, -0.15) is 0 Å². The average Bonchev–Trinajstić information content (AvgIpc) is 2.84. The van der Waals surface area contributed by atoms with Crippen molar-refractivity contribution in [3.63, 3.8) is 0 Å². The SMILES string of the molecule is O=C(O)n1ccc2c(Nc3cccc(Br)c3)ncnc21. The van der Waals surface area contributed by atoms with Gasteiger partial charge in [0.15, 0.2) is 5.65 Å². The third kappa shape index (κ3) is 2.23. The van der Waals surface area contributed by atoms with Crippen molar-refractivity contribution in [1.82, 2.24) is 14.5 Å². The molecule has 2 N–H and O–H groups in total. The van der Waals surface area contributed by atoms with Crippen LogP contribution in [0.25, 0.3) is 11.0 Å². The average molecular weight is 333 g/mol. The van der Waals surface area contributed by atoms with Crippen LogP contribution >= 0.6 is 15.9 Å². The van der Waals surface area contributed by atoms with Crippen LogP contribution in [-0.4, -0.2) is 25.7 Å². The number of benzene rings is 1. The molecule has 0 bridgehead atoms. The third-order valence-corrected chi connectivity index (χ3v) is 3.27. The number of nitrogens with one attached hydrogen (secondary N) is 1. The number of rotatable bonds is 2. The van der Waals surface area contributed by atoms with Crippen molar-refractivity contribution < 1.29 is 9.90 Å². The monoisotopic (exact) mass is 332 g/mol. The largest absolute Gasteiger partial charge is 0.464 e. The summed E-state index contributed by atoms with van der Waals surface area (Å²) < 4.78 is 2.00. The highest BCUT2D eigenvalue weighted by molar-refractivity contribution is 9.10. The molecule has 0 radical (unpaired) electrons. The Morgan fingerprint density at radius 3 is 2.90 bits per heavy atom. The van der Waals surface area contributed by atoms with Crippen molar-refractivity contribution in [3.8, 4) is 0 Å². The summed E-state index contributed by atoms with van der Waals surface area (Å²) in [5.41, 5.74) is 1.20. The molecular formula is C13H9BrN4O2. The number of hydrogen-bond donors (Lipinski definition) is 2. The maximum Gasteiger partial charge on any atom is 0.417 e. The first-order chi connectivity index (χ1) is 9.65. The number of fused-ring (bicyclic) bond motifs is 1. The van der Waals surface area contributed by atoms with Crippen molar-refractivity contribution in [2.24, 2.45) is 0 Å². The minimum atomic E-state index is -1.08. The van der Waals surface area contributed by atoms with Gasteiger partial charge in [-0.1, -0.05) is 22.0 Å². The molecule has 0 atom stereocenters. The van der Waals surface area contributed by atoms with Gasteiger partial charge in [0.25, 0.3) is 0 Å². The lowest BCUT2D eigenvalue weighted by atomic mass is 10.3. The Morgan fingerprint density at radius 2 is 2.15 bits per heavy atom. The van der Waals surface area contributed by atoms with E-state index in [4.69, 9.17) is 5.11 Å². The molecule has 0 fully saturated rings. The lowest BCUT2D eigenvalue weighted by Gasteiger charge is -2.07. The Morgan fingerprint density at radius 1 is 1.30 bits per heavy atom. The van der Waals surface area contributed by atoms with E-state index in [9.17, 15) is 4.79 Å². The first-order valence-electron chi connectivity index (χ1n) is 5.73. The fourth-order valence-electron chi connectivity index (χ4n) is 1.91. The fourth-order valence-corrected chi connectivity index (χ4v) is 2.31. The number of carbonyl (C=O) groups is 1. The van der Waals surface area contributed by atoms with Crippen LogP contribution in [0.5, 0.6) is 0 Å². The molecule has 7 heteroatoms. The lowest BCUT2D eigenvalue weighted by Crippen LogP contribution is -2.07. The maximum absolute atomic E-state index is 11.1. The van der Waals surface area contributed by atoms with Crippen molar-refractivity contribution in [2.45, 2.75) is 0 Å². The molecule has 0 spiro atoms. The quantitative estimate of drug-likeness (QED) is 0.751. The van der Waals surface area contributed by atoms with E-state index in [1.165, 1.54) is 12.5 Å². The first kappa shape index (κ1) is 12.6. The summed E-state index contributed by atoms with van der Waals surface area (Å²) in [4.78, 5) is 19.2. The molecule has 2 heterocycles.